The van der Waals surface area contributed by atoms with Gasteiger partial charge in [0.05, 0.1) is 25.4 Å². The van der Waals surface area contributed by atoms with Gasteiger partial charge in [-0.2, -0.15) is 0 Å². The topological polar surface area (TPSA) is 95.9 Å². The molecule has 0 aliphatic rings. The second kappa shape index (κ2) is 38.1. The molecule has 48 heavy (non-hydrogen) atoms. The SMILES string of the molecule is CCCCCCCCCCC/C=C/C(O)C(CO)NC(=O)CCC/C=C\CCCCCCOC(=O)CCCCCCCCCCCCC. The number of aliphatic hydroxyl groups excluding tert-OH is 2. The lowest BCUT2D eigenvalue weighted by atomic mass is 10.1. The first-order valence-corrected chi connectivity index (χ1v) is 20.6. The van der Waals surface area contributed by atoms with E-state index >= 15 is 0 Å². The van der Waals surface area contributed by atoms with Gasteiger partial charge in [0.2, 0.25) is 5.91 Å². The maximum absolute atomic E-state index is 12.3. The average Bonchev–Trinajstić information content (AvgIpc) is 3.08. The summed E-state index contributed by atoms with van der Waals surface area (Å²) in [5, 5.41) is 22.8. The largest absolute Gasteiger partial charge is 0.466 e. The highest BCUT2D eigenvalue weighted by atomic mass is 16.5. The smallest absolute Gasteiger partial charge is 0.305 e. The summed E-state index contributed by atoms with van der Waals surface area (Å²) >= 11 is 0. The lowest BCUT2D eigenvalue weighted by molar-refractivity contribution is -0.143. The van der Waals surface area contributed by atoms with Crippen LogP contribution < -0.4 is 5.32 Å². The monoisotopic (exact) mass is 678 g/mol. The number of amides is 1. The maximum Gasteiger partial charge on any atom is 0.305 e. The van der Waals surface area contributed by atoms with E-state index < -0.39 is 12.1 Å². The predicted octanol–water partition coefficient (Wildman–Crippen LogP) is 11.2. The molecule has 0 saturated carbocycles. The van der Waals surface area contributed by atoms with Gasteiger partial charge in [-0.3, -0.25) is 9.59 Å². The summed E-state index contributed by atoms with van der Waals surface area (Å²) in [5.74, 6) is -0.171. The first-order chi connectivity index (χ1) is 23.5. The van der Waals surface area contributed by atoms with Gasteiger partial charge in [-0.15, -0.1) is 0 Å². The predicted molar refractivity (Wildman–Crippen MR) is 204 cm³/mol. The quantitative estimate of drug-likeness (QED) is 0.0345. The van der Waals surface area contributed by atoms with Crippen molar-refractivity contribution in [3.05, 3.63) is 24.3 Å². The average molecular weight is 678 g/mol. The van der Waals surface area contributed by atoms with E-state index in [1.165, 1.54) is 109 Å². The molecule has 1 amide bonds. The molecule has 0 aromatic rings. The Hall–Kier alpha value is -1.66. The van der Waals surface area contributed by atoms with Crippen molar-refractivity contribution in [1.29, 1.82) is 0 Å². The van der Waals surface area contributed by atoms with Crippen LogP contribution in [0, 0.1) is 0 Å². The molecule has 6 heteroatoms. The highest BCUT2D eigenvalue weighted by Crippen LogP contribution is 2.13. The summed E-state index contributed by atoms with van der Waals surface area (Å²) in [6.45, 7) is 4.77. The van der Waals surface area contributed by atoms with Crippen molar-refractivity contribution < 1.29 is 24.5 Å². The summed E-state index contributed by atoms with van der Waals surface area (Å²) in [4.78, 5) is 24.2. The number of allylic oxidation sites excluding steroid dienone is 3. The van der Waals surface area contributed by atoms with Crippen molar-refractivity contribution in [1.82, 2.24) is 5.32 Å². The lowest BCUT2D eigenvalue weighted by Gasteiger charge is -2.19. The molecule has 0 aromatic carbocycles. The molecule has 282 valence electrons. The van der Waals surface area contributed by atoms with Crippen LogP contribution in [0.25, 0.3) is 0 Å². The van der Waals surface area contributed by atoms with Gasteiger partial charge in [-0.25, -0.2) is 0 Å². The van der Waals surface area contributed by atoms with Crippen LogP contribution in [0.2, 0.25) is 0 Å². The second-order valence-electron chi connectivity index (χ2n) is 14.0. The zero-order valence-corrected chi connectivity index (χ0v) is 31.7. The molecule has 0 spiro atoms. The van der Waals surface area contributed by atoms with Crippen LogP contribution in [0.4, 0.5) is 0 Å². The minimum Gasteiger partial charge on any atom is -0.466 e. The standard InChI is InChI=1S/C42H79NO5/c1-3-5-7-9-11-13-15-18-22-26-30-34-40(45)39(38-44)43-41(46)35-31-27-23-19-17-21-25-29-33-37-48-42(47)36-32-28-24-20-16-14-12-10-8-6-4-2/h19,23,30,34,39-40,44-45H,3-18,20-22,24-29,31-33,35-38H2,1-2H3,(H,43,46)/b23-19-,34-30+. The Morgan fingerprint density at radius 2 is 1.00 bits per heavy atom. The number of esters is 1. The molecule has 0 fully saturated rings. The second-order valence-corrected chi connectivity index (χ2v) is 14.0. The molecular formula is C42H79NO5. The lowest BCUT2D eigenvalue weighted by Crippen LogP contribution is -2.45. The van der Waals surface area contributed by atoms with Crippen molar-refractivity contribution >= 4 is 11.9 Å². The van der Waals surface area contributed by atoms with Gasteiger partial charge in [0, 0.05) is 12.8 Å². The van der Waals surface area contributed by atoms with Crippen LogP contribution in [0.5, 0.6) is 0 Å². The Kier molecular flexibility index (Phi) is 36.8. The number of hydrogen-bond acceptors (Lipinski definition) is 5. The molecule has 0 aliphatic carbocycles. The Morgan fingerprint density at radius 3 is 1.52 bits per heavy atom. The summed E-state index contributed by atoms with van der Waals surface area (Å²) in [7, 11) is 0. The van der Waals surface area contributed by atoms with E-state index in [9.17, 15) is 19.8 Å². The van der Waals surface area contributed by atoms with Crippen LogP contribution >= 0.6 is 0 Å². The van der Waals surface area contributed by atoms with Gasteiger partial charge in [-0.1, -0.05) is 167 Å². The molecule has 3 N–H and O–H groups in total. The highest BCUT2D eigenvalue weighted by molar-refractivity contribution is 5.76. The van der Waals surface area contributed by atoms with E-state index in [4.69, 9.17) is 4.74 Å². The van der Waals surface area contributed by atoms with Gasteiger partial charge >= 0.3 is 5.97 Å². The Morgan fingerprint density at radius 1 is 0.562 bits per heavy atom. The molecular weight excluding hydrogens is 598 g/mol. The van der Waals surface area contributed by atoms with Crippen molar-refractivity contribution in [3.63, 3.8) is 0 Å². The Labute approximate surface area is 297 Å². The number of carbonyl (C=O) groups is 2. The van der Waals surface area contributed by atoms with Crippen LogP contribution in [0.3, 0.4) is 0 Å². The summed E-state index contributed by atoms with van der Waals surface area (Å²) in [6, 6.07) is -0.662. The first kappa shape index (κ1) is 46.3. The number of rotatable bonds is 37. The number of unbranched alkanes of at least 4 members (excludes halogenated alkanes) is 24. The maximum atomic E-state index is 12.3. The number of hydrogen-bond donors (Lipinski definition) is 3. The molecule has 6 nitrogen and oxygen atoms in total. The molecule has 0 rings (SSSR count). The fraction of sp³-hybridized carbons (Fsp3) is 0.857. The zero-order chi connectivity index (χ0) is 35.2. The summed E-state index contributed by atoms with van der Waals surface area (Å²) < 4.78 is 5.40. The molecule has 0 bridgehead atoms. The Bertz CT molecular complexity index is 752. The highest BCUT2D eigenvalue weighted by Gasteiger charge is 2.17. The minimum absolute atomic E-state index is 0.0398. The van der Waals surface area contributed by atoms with Gasteiger partial charge in [0.25, 0.3) is 0 Å². The van der Waals surface area contributed by atoms with E-state index in [1.54, 1.807) is 6.08 Å². The molecule has 0 saturated heterocycles. The Balaban J connectivity index is 3.62. The van der Waals surface area contributed by atoms with Gasteiger partial charge in [0.1, 0.15) is 0 Å². The van der Waals surface area contributed by atoms with Crippen LogP contribution in [0.15, 0.2) is 24.3 Å². The van der Waals surface area contributed by atoms with E-state index in [0.717, 1.165) is 70.6 Å². The van der Waals surface area contributed by atoms with E-state index in [0.29, 0.717) is 19.4 Å². The van der Waals surface area contributed by atoms with Gasteiger partial charge in [-0.05, 0) is 51.4 Å². The molecule has 0 heterocycles. The molecule has 2 unspecified atom stereocenters. The van der Waals surface area contributed by atoms with Crippen LogP contribution in [-0.2, 0) is 14.3 Å². The first-order valence-electron chi connectivity index (χ1n) is 20.6. The van der Waals surface area contributed by atoms with Crippen molar-refractivity contribution in [2.75, 3.05) is 13.2 Å². The molecule has 0 aliphatic heterocycles. The third-order valence-corrected chi connectivity index (χ3v) is 9.22. The number of nitrogens with one attached hydrogen (secondary N) is 1. The third-order valence-electron chi connectivity index (χ3n) is 9.22. The fourth-order valence-electron chi connectivity index (χ4n) is 5.99. The summed E-state index contributed by atoms with van der Waals surface area (Å²) in [5.41, 5.74) is 0. The van der Waals surface area contributed by atoms with E-state index in [-0.39, 0.29) is 18.5 Å². The van der Waals surface area contributed by atoms with Crippen LogP contribution in [-0.4, -0.2) is 47.4 Å². The van der Waals surface area contributed by atoms with Crippen molar-refractivity contribution in [3.8, 4) is 0 Å². The normalized spacial score (nSPS) is 13.0. The molecule has 0 radical (unpaired) electrons. The fourth-order valence-corrected chi connectivity index (χ4v) is 5.99. The summed E-state index contributed by atoms with van der Waals surface area (Å²) in [6.07, 6.45) is 41.6. The number of aliphatic hydroxyl groups is 2. The van der Waals surface area contributed by atoms with E-state index in [2.05, 4.69) is 31.3 Å². The third kappa shape index (κ3) is 34.2. The number of ether oxygens (including phenoxy) is 1. The van der Waals surface area contributed by atoms with Gasteiger partial charge in [0.15, 0.2) is 0 Å². The minimum atomic E-state index is -0.872. The van der Waals surface area contributed by atoms with Crippen LogP contribution in [0.1, 0.15) is 206 Å². The molecule has 0 aromatic heterocycles. The molecule has 2 atom stereocenters. The van der Waals surface area contributed by atoms with E-state index in [1.807, 2.05) is 6.08 Å². The zero-order valence-electron chi connectivity index (χ0n) is 31.7. The van der Waals surface area contributed by atoms with Crippen molar-refractivity contribution in [2.45, 2.75) is 219 Å². The van der Waals surface area contributed by atoms with Crippen molar-refractivity contribution in [2.24, 2.45) is 0 Å². The number of carbonyl (C=O) groups excluding carboxylic acids is 2. The van der Waals surface area contributed by atoms with Gasteiger partial charge < -0.3 is 20.3 Å².